The van der Waals surface area contributed by atoms with Gasteiger partial charge in [0.05, 0.1) is 24.5 Å². The van der Waals surface area contributed by atoms with Crippen LogP contribution in [0.3, 0.4) is 0 Å². The maximum absolute atomic E-state index is 11.4. The van der Waals surface area contributed by atoms with Gasteiger partial charge in [0.25, 0.3) is 0 Å². The van der Waals surface area contributed by atoms with E-state index in [9.17, 15) is 9.90 Å². The number of rotatable bonds is 3. The summed E-state index contributed by atoms with van der Waals surface area (Å²) in [6.07, 6.45) is 5.11. The molecule has 1 aromatic heterocycles. The van der Waals surface area contributed by atoms with E-state index in [0.29, 0.717) is 0 Å². The minimum atomic E-state index is -0.387. The highest BCUT2D eigenvalue weighted by atomic mass is 16.4. The standard InChI is InChI=1S/C14H16N2O3/c17-10-13-2-1-7-15(13)11-3-5-12(6-4-11)16-8-9-19-14(16)18/h3-6,8-9,13,17H,1-2,7,10H2. The van der Waals surface area contributed by atoms with Gasteiger partial charge in [-0.1, -0.05) is 0 Å². The number of hydrogen-bond donors (Lipinski definition) is 1. The zero-order valence-corrected chi connectivity index (χ0v) is 10.5. The monoisotopic (exact) mass is 260 g/mol. The Morgan fingerprint density at radius 3 is 2.63 bits per heavy atom. The summed E-state index contributed by atoms with van der Waals surface area (Å²) in [6.45, 7) is 1.15. The van der Waals surface area contributed by atoms with E-state index < -0.39 is 0 Å². The summed E-state index contributed by atoms with van der Waals surface area (Å²) in [6, 6.07) is 7.94. The lowest BCUT2D eigenvalue weighted by atomic mass is 10.2. The molecule has 0 bridgehead atoms. The Bertz CT molecular complexity index is 600. The molecule has 0 aliphatic carbocycles. The van der Waals surface area contributed by atoms with Crippen molar-refractivity contribution in [3.8, 4) is 5.69 Å². The number of aromatic nitrogens is 1. The summed E-state index contributed by atoms with van der Waals surface area (Å²) < 4.78 is 6.20. The number of oxazole rings is 1. The van der Waals surface area contributed by atoms with E-state index in [0.717, 1.165) is 30.8 Å². The molecule has 5 nitrogen and oxygen atoms in total. The summed E-state index contributed by atoms with van der Waals surface area (Å²) >= 11 is 0. The van der Waals surface area contributed by atoms with Crippen LogP contribution in [0.2, 0.25) is 0 Å². The van der Waals surface area contributed by atoms with E-state index in [2.05, 4.69) is 4.90 Å². The van der Waals surface area contributed by atoms with Crippen LogP contribution in [0.25, 0.3) is 5.69 Å². The maximum atomic E-state index is 11.4. The van der Waals surface area contributed by atoms with Crippen molar-refractivity contribution in [3.05, 3.63) is 47.3 Å². The topological polar surface area (TPSA) is 58.6 Å². The van der Waals surface area contributed by atoms with Gasteiger partial charge in [-0.25, -0.2) is 9.36 Å². The van der Waals surface area contributed by atoms with Crippen LogP contribution < -0.4 is 10.7 Å². The molecule has 2 aromatic rings. The molecule has 19 heavy (non-hydrogen) atoms. The normalized spacial score (nSPS) is 19.0. The number of nitrogens with zero attached hydrogens (tertiary/aromatic N) is 2. The van der Waals surface area contributed by atoms with Gasteiger partial charge >= 0.3 is 5.76 Å². The molecule has 1 atom stereocenters. The van der Waals surface area contributed by atoms with Crippen molar-refractivity contribution in [1.82, 2.24) is 4.57 Å². The van der Waals surface area contributed by atoms with Gasteiger partial charge in [-0.3, -0.25) is 0 Å². The second-order valence-corrected chi connectivity index (χ2v) is 4.73. The fraction of sp³-hybridized carbons (Fsp3) is 0.357. The third-order valence-corrected chi connectivity index (χ3v) is 3.62. The molecule has 5 heteroatoms. The first-order valence-electron chi connectivity index (χ1n) is 6.43. The number of benzene rings is 1. The molecule has 3 rings (SSSR count). The Balaban J connectivity index is 1.87. The molecular weight excluding hydrogens is 244 g/mol. The van der Waals surface area contributed by atoms with Crippen LogP contribution in [0.5, 0.6) is 0 Å². The van der Waals surface area contributed by atoms with Crippen LogP contribution in [-0.4, -0.2) is 28.9 Å². The zero-order valence-electron chi connectivity index (χ0n) is 10.5. The van der Waals surface area contributed by atoms with Crippen LogP contribution in [0.15, 0.2) is 45.9 Å². The molecule has 0 amide bonds. The Labute approximate surface area is 110 Å². The predicted octanol–water partition coefficient (Wildman–Crippen LogP) is 1.39. The molecule has 1 N–H and O–H groups in total. The van der Waals surface area contributed by atoms with E-state index in [1.165, 1.54) is 10.8 Å². The van der Waals surface area contributed by atoms with Crippen LogP contribution in [-0.2, 0) is 0 Å². The summed E-state index contributed by atoms with van der Waals surface area (Å²) in [7, 11) is 0. The van der Waals surface area contributed by atoms with Gasteiger partial charge in [0.1, 0.15) is 6.26 Å². The Hall–Kier alpha value is -2.01. The first kappa shape index (κ1) is 12.0. The molecule has 0 spiro atoms. The van der Waals surface area contributed by atoms with Gasteiger partial charge in [-0.15, -0.1) is 0 Å². The van der Waals surface area contributed by atoms with Crippen LogP contribution in [0.4, 0.5) is 5.69 Å². The van der Waals surface area contributed by atoms with E-state index in [-0.39, 0.29) is 18.4 Å². The predicted molar refractivity (Wildman–Crippen MR) is 71.8 cm³/mol. The van der Waals surface area contributed by atoms with Crippen molar-refractivity contribution in [2.24, 2.45) is 0 Å². The van der Waals surface area contributed by atoms with Crippen molar-refractivity contribution in [1.29, 1.82) is 0 Å². The minimum Gasteiger partial charge on any atom is -0.416 e. The fourth-order valence-electron chi connectivity index (χ4n) is 2.63. The van der Waals surface area contributed by atoms with Crippen molar-refractivity contribution in [2.45, 2.75) is 18.9 Å². The SMILES string of the molecule is O=c1occn1-c1ccc(N2CCCC2CO)cc1. The molecule has 1 aliphatic heterocycles. The minimum absolute atomic E-state index is 0.183. The smallest absolute Gasteiger partial charge is 0.416 e. The van der Waals surface area contributed by atoms with Crippen LogP contribution in [0.1, 0.15) is 12.8 Å². The van der Waals surface area contributed by atoms with Crippen LogP contribution >= 0.6 is 0 Å². The average molecular weight is 260 g/mol. The highest BCUT2D eigenvalue weighted by Gasteiger charge is 2.23. The largest absolute Gasteiger partial charge is 0.423 e. The first-order valence-corrected chi connectivity index (χ1v) is 6.43. The summed E-state index contributed by atoms with van der Waals surface area (Å²) in [5, 5.41) is 9.34. The lowest BCUT2D eigenvalue weighted by Crippen LogP contribution is -2.31. The molecule has 100 valence electrons. The van der Waals surface area contributed by atoms with Crippen LogP contribution in [0, 0.1) is 0 Å². The molecule has 1 aromatic carbocycles. The second kappa shape index (κ2) is 4.93. The Morgan fingerprint density at radius 2 is 2.00 bits per heavy atom. The molecule has 1 fully saturated rings. The average Bonchev–Trinajstić information content (AvgIpc) is 3.07. The van der Waals surface area contributed by atoms with Crippen molar-refractivity contribution in [3.63, 3.8) is 0 Å². The van der Waals surface area contributed by atoms with Gasteiger partial charge < -0.3 is 14.4 Å². The van der Waals surface area contributed by atoms with E-state index in [1.54, 1.807) is 6.20 Å². The van der Waals surface area contributed by atoms with Gasteiger partial charge in [0.15, 0.2) is 0 Å². The maximum Gasteiger partial charge on any atom is 0.423 e. The number of aliphatic hydroxyl groups is 1. The van der Waals surface area contributed by atoms with E-state index in [4.69, 9.17) is 4.42 Å². The van der Waals surface area contributed by atoms with Gasteiger partial charge in [0, 0.05) is 12.2 Å². The number of aliphatic hydroxyl groups excluding tert-OH is 1. The number of hydrogen-bond acceptors (Lipinski definition) is 4. The molecule has 1 saturated heterocycles. The Kier molecular flexibility index (Phi) is 3.13. The highest BCUT2D eigenvalue weighted by Crippen LogP contribution is 2.25. The third-order valence-electron chi connectivity index (χ3n) is 3.62. The second-order valence-electron chi connectivity index (χ2n) is 4.73. The van der Waals surface area contributed by atoms with Crippen molar-refractivity contribution in [2.75, 3.05) is 18.1 Å². The molecule has 0 saturated carbocycles. The Morgan fingerprint density at radius 1 is 1.26 bits per heavy atom. The molecule has 1 aliphatic rings. The van der Waals surface area contributed by atoms with E-state index >= 15 is 0 Å². The van der Waals surface area contributed by atoms with Crippen molar-refractivity contribution >= 4 is 5.69 Å². The molecular formula is C14H16N2O3. The van der Waals surface area contributed by atoms with Gasteiger partial charge in [-0.2, -0.15) is 0 Å². The highest BCUT2D eigenvalue weighted by molar-refractivity contribution is 5.52. The lowest BCUT2D eigenvalue weighted by Gasteiger charge is -2.25. The zero-order chi connectivity index (χ0) is 13.2. The van der Waals surface area contributed by atoms with Crippen molar-refractivity contribution < 1.29 is 9.52 Å². The summed E-state index contributed by atoms with van der Waals surface area (Å²) in [5.41, 5.74) is 1.86. The molecule has 0 radical (unpaired) electrons. The number of anilines is 1. The van der Waals surface area contributed by atoms with E-state index in [1.807, 2.05) is 24.3 Å². The quantitative estimate of drug-likeness (QED) is 0.906. The first-order chi connectivity index (χ1) is 9.29. The molecule has 2 heterocycles. The van der Waals surface area contributed by atoms with Gasteiger partial charge in [0.2, 0.25) is 0 Å². The van der Waals surface area contributed by atoms with Gasteiger partial charge in [-0.05, 0) is 37.1 Å². The third kappa shape index (κ3) is 2.17. The summed E-state index contributed by atoms with van der Waals surface area (Å²) in [5.74, 6) is -0.387. The summed E-state index contributed by atoms with van der Waals surface area (Å²) in [4.78, 5) is 13.6. The lowest BCUT2D eigenvalue weighted by molar-refractivity contribution is 0.266. The molecule has 1 unspecified atom stereocenters. The fourth-order valence-corrected chi connectivity index (χ4v) is 2.63.